The molecule has 1 saturated heterocycles. The van der Waals surface area contributed by atoms with Crippen LogP contribution in [0.2, 0.25) is 0 Å². The van der Waals surface area contributed by atoms with Crippen molar-refractivity contribution in [3.8, 4) is 5.75 Å². The highest BCUT2D eigenvalue weighted by Gasteiger charge is 2.31. The molecule has 2 N–H and O–H groups in total. The maximum atomic E-state index is 13.3. The average molecular weight is 451 g/mol. The SMILES string of the molecule is COc1ccc(C(=O)N[C@@H](C(=O)Nc2ccc(N3CCCC3)nc2)C2CCCCC2)cc1C. The summed E-state index contributed by atoms with van der Waals surface area (Å²) in [4.78, 5) is 33.1. The van der Waals surface area contributed by atoms with Gasteiger partial charge in [-0.05, 0) is 74.4 Å². The van der Waals surface area contributed by atoms with Gasteiger partial charge in [0.2, 0.25) is 5.91 Å². The number of benzene rings is 1. The molecule has 33 heavy (non-hydrogen) atoms. The Bertz CT molecular complexity index is 964. The van der Waals surface area contributed by atoms with E-state index in [1.807, 2.05) is 19.1 Å². The highest BCUT2D eigenvalue weighted by Crippen LogP contribution is 2.28. The normalized spacial score (nSPS) is 17.5. The van der Waals surface area contributed by atoms with Gasteiger partial charge in [-0.25, -0.2) is 4.98 Å². The van der Waals surface area contributed by atoms with Crippen molar-refractivity contribution in [1.29, 1.82) is 0 Å². The predicted octanol–water partition coefficient (Wildman–Crippen LogP) is 4.32. The van der Waals surface area contributed by atoms with Gasteiger partial charge in [-0.2, -0.15) is 0 Å². The molecule has 0 radical (unpaired) electrons. The van der Waals surface area contributed by atoms with Crippen molar-refractivity contribution in [2.75, 3.05) is 30.4 Å². The highest BCUT2D eigenvalue weighted by atomic mass is 16.5. The molecule has 2 fully saturated rings. The number of nitrogens with one attached hydrogen (secondary N) is 2. The molecule has 4 rings (SSSR count). The summed E-state index contributed by atoms with van der Waals surface area (Å²) in [5.74, 6) is 1.37. The minimum Gasteiger partial charge on any atom is -0.496 e. The van der Waals surface area contributed by atoms with Gasteiger partial charge in [0, 0.05) is 18.7 Å². The van der Waals surface area contributed by atoms with Gasteiger partial charge in [-0.1, -0.05) is 19.3 Å². The molecule has 1 aliphatic carbocycles. The molecule has 0 spiro atoms. The van der Waals surface area contributed by atoms with E-state index in [0.29, 0.717) is 11.3 Å². The van der Waals surface area contributed by atoms with Crippen LogP contribution in [0.1, 0.15) is 60.9 Å². The summed E-state index contributed by atoms with van der Waals surface area (Å²) >= 11 is 0. The molecule has 2 aromatic rings. The molecule has 1 saturated carbocycles. The van der Waals surface area contributed by atoms with Crippen LogP contribution in [0, 0.1) is 12.8 Å². The Kier molecular flexibility index (Phi) is 7.47. The van der Waals surface area contributed by atoms with Crippen LogP contribution in [0.5, 0.6) is 5.75 Å². The van der Waals surface area contributed by atoms with Crippen molar-refractivity contribution in [2.24, 2.45) is 5.92 Å². The fourth-order valence-electron chi connectivity index (χ4n) is 4.92. The van der Waals surface area contributed by atoms with Crippen molar-refractivity contribution >= 4 is 23.3 Å². The second-order valence-corrected chi connectivity index (χ2v) is 9.12. The van der Waals surface area contributed by atoms with Crippen molar-refractivity contribution in [3.05, 3.63) is 47.7 Å². The summed E-state index contributed by atoms with van der Waals surface area (Å²) in [5, 5.41) is 6.01. The van der Waals surface area contributed by atoms with Crippen LogP contribution in [0.25, 0.3) is 0 Å². The molecule has 7 heteroatoms. The Morgan fingerprint density at radius 3 is 2.45 bits per heavy atom. The monoisotopic (exact) mass is 450 g/mol. The zero-order valence-corrected chi connectivity index (χ0v) is 19.6. The predicted molar refractivity (Wildman–Crippen MR) is 130 cm³/mol. The lowest BCUT2D eigenvalue weighted by atomic mass is 9.83. The first-order valence-corrected chi connectivity index (χ1v) is 12.0. The van der Waals surface area contributed by atoms with Gasteiger partial charge in [0.15, 0.2) is 0 Å². The van der Waals surface area contributed by atoms with E-state index in [-0.39, 0.29) is 17.7 Å². The van der Waals surface area contributed by atoms with Crippen molar-refractivity contribution < 1.29 is 14.3 Å². The summed E-state index contributed by atoms with van der Waals surface area (Å²) in [6.45, 7) is 3.96. The lowest BCUT2D eigenvalue weighted by molar-refractivity contribution is -0.119. The van der Waals surface area contributed by atoms with Gasteiger partial charge in [-0.15, -0.1) is 0 Å². The average Bonchev–Trinajstić information content (AvgIpc) is 3.38. The third kappa shape index (κ3) is 5.64. The second kappa shape index (κ2) is 10.7. The Balaban J connectivity index is 1.47. The van der Waals surface area contributed by atoms with Crippen LogP contribution < -0.4 is 20.3 Å². The molecular weight excluding hydrogens is 416 g/mol. The zero-order chi connectivity index (χ0) is 23.2. The first-order chi connectivity index (χ1) is 16.0. The van der Waals surface area contributed by atoms with Gasteiger partial charge in [0.05, 0.1) is 19.0 Å². The number of anilines is 2. The van der Waals surface area contributed by atoms with Gasteiger partial charge in [0.25, 0.3) is 5.91 Å². The summed E-state index contributed by atoms with van der Waals surface area (Å²) in [6.07, 6.45) is 9.30. The second-order valence-electron chi connectivity index (χ2n) is 9.12. The van der Waals surface area contributed by atoms with E-state index < -0.39 is 6.04 Å². The van der Waals surface area contributed by atoms with Gasteiger partial charge < -0.3 is 20.3 Å². The van der Waals surface area contributed by atoms with E-state index in [0.717, 1.165) is 55.9 Å². The minimum absolute atomic E-state index is 0.124. The van der Waals surface area contributed by atoms with Gasteiger partial charge in [-0.3, -0.25) is 9.59 Å². The molecule has 1 atom stereocenters. The lowest BCUT2D eigenvalue weighted by Crippen LogP contribution is -2.49. The maximum absolute atomic E-state index is 13.3. The Morgan fingerprint density at radius 2 is 1.82 bits per heavy atom. The number of hydrogen-bond acceptors (Lipinski definition) is 5. The van der Waals surface area contributed by atoms with E-state index in [4.69, 9.17) is 4.74 Å². The fourth-order valence-corrected chi connectivity index (χ4v) is 4.92. The number of hydrogen-bond donors (Lipinski definition) is 2. The van der Waals surface area contributed by atoms with E-state index in [1.54, 1.807) is 31.5 Å². The number of carbonyl (C=O) groups excluding carboxylic acids is 2. The molecule has 1 aliphatic heterocycles. The largest absolute Gasteiger partial charge is 0.496 e. The number of aryl methyl sites for hydroxylation is 1. The maximum Gasteiger partial charge on any atom is 0.251 e. The molecule has 2 amide bonds. The third-order valence-electron chi connectivity index (χ3n) is 6.79. The van der Waals surface area contributed by atoms with Crippen LogP contribution in [0.15, 0.2) is 36.5 Å². The minimum atomic E-state index is -0.585. The number of ether oxygens (including phenoxy) is 1. The van der Waals surface area contributed by atoms with Crippen molar-refractivity contribution in [3.63, 3.8) is 0 Å². The molecular formula is C26H34N4O3. The highest BCUT2D eigenvalue weighted by molar-refractivity contribution is 6.01. The number of amides is 2. The summed E-state index contributed by atoms with van der Waals surface area (Å²) < 4.78 is 5.30. The molecule has 0 bridgehead atoms. The molecule has 176 valence electrons. The molecule has 1 aromatic carbocycles. The third-order valence-corrected chi connectivity index (χ3v) is 6.79. The number of carbonyl (C=O) groups is 2. The van der Waals surface area contributed by atoms with E-state index in [9.17, 15) is 9.59 Å². The molecule has 2 aliphatic rings. The molecule has 7 nitrogen and oxygen atoms in total. The van der Waals surface area contributed by atoms with E-state index in [1.165, 1.54) is 19.3 Å². The van der Waals surface area contributed by atoms with Crippen LogP contribution in [-0.2, 0) is 4.79 Å². The van der Waals surface area contributed by atoms with Crippen LogP contribution >= 0.6 is 0 Å². The number of pyridine rings is 1. The summed E-state index contributed by atoms with van der Waals surface area (Å²) in [7, 11) is 1.61. The summed E-state index contributed by atoms with van der Waals surface area (Å²) in [5.41, 5.74) is 2.06. The van der Waals surface area contributed by atoms with Crippen molar-refractivity contribution in [1.82, 2.24) is 10.3 Å². The number of rotatable bonds is 7. The first kappa shape index (κ1) is 23.1. The Morgan fingerprint density at radius 1 is 1.06 bits per heavy atom. The fraction of sp³-hybridized carbons (Fsp3) is 0.500. The van der Waals surface area contributed by atoms with Crippen LogP contribution in [-0.4, -0.2) is 43.0 Å². The quantitative estimate of drug-likeness (QED) is 0.657. The standard InChI is InChI=1S/C26H34N4O3/c1-18-16-20(10-12-22(18)33-2)25(31)29-24(19-8-4-3-5-9-19)26(32)28-21-11-13-23(27-17-21)30-14-6-7-15-30/h10-13,16-17,19,24H,3-9,14-15H2,1-2H3,(H,28,32)(H,29,31)/t24-/m1/s1. The molecule has 2 heterocycles. The lowest BCUT2D eigenvalue weighted by Gasteiger charge is -2.30. The smallest absolute Gasteiger partial charge is 0.251 e. The van der Waals surface area contributed by atoms with Gasteiger partial charge in [0.1, 0.15) is 17.6 Å². The number of nitrogens with zero attached hydrogens (tertiary/aromatic N) is 2. The topological polar surface area (TPSA) is 83.6 Å². The van der Waals surface area contributed by atoms with Crippen LogP contribution in [0.4, 0.5) is 11.5 Å². The van der Waals surface area contributed by atoms with E-state index in [2.05, 4.69) is 20.5 Å². The van der Waals surface area contributed by atoms with E-state index >= 15 is 0 Å². The Hall–Kier alpha value is -3.09. The number of aromatic nitrogens is 1. The summed E-state index contributed by atoms with van der Waals surface area (Å²) in [6, 6.07) is 8.58. The molecule has 0 unspecified atom stereocenters. The Labute approximate surface area is 195 Å². The first-order valence-electron chi connectivity index (χ1n) is 12.0. The van der Waals surface area contributed by atoms with Crippen LogP contribution in [0.3, 0.4) is 0 Å². The molecule has 1 aromatic heterocycles. The number of methoxy groups -OCH3 is 1. The van der Waals surface area contributed by atoms with Crippen molar-refractivity contribution in [2.45, 2.75) is 57.9 Å². The zero-order valence-electron chi connectivity index (χ0n) is 19.6. The van der Waals surface area contributed by atoms with Gasteiger partial charge >= 0.3 is 0 Å².